The van der Waals surface area contributed by atoms with E-state index in [4.69, 9.17) is 4.74 Å². The predicted octanol–water partition coefficient (Wildman–Crippen LogP) is 4.53. The van der Waals surface area contributed by atoms with Crippen LogP contribution in [0, 0.1) is 17.7 Å². The molecule has 1 heterocycles. The molecule has 0 atom stereocenters. The Morgan fingerprint density at radius 2 is 1.53 bits per heavy atom. The Balaban J connectivity index is 1.74. The molecule has 0 bridgehead atoms. The average molecular weight is 463 g/mol. The van der Waals surface area contributed by atoms with Gasteiger partial charge in [0.25, 0.3) is 0 Å². The van der Waals surface area contributed by atoms with Gasteiger partial charge in [0.1, 0.15) is 11.6 Å². The number of sulfonamides is 1. The van der Waals surface area contributed by atoms with Crippen LogP contribution in [0.2, 0.25) is 0 Å². The normalized spacial score (nSPS) is 16.1. The quantitative estimate of drug-likeness (QED) is 0.520. The number of nitrogens with zero attached hydrogens (tertiary/aromatic N) is 2. The SMILES string of the molecule is CC(C)COc1ccc(CN(Cc2ccc(F)cc2)S(=O)(=O)CC2CCN(C)CC2)cc1. The molecule has 0 saturated carbocycles. The van der Waals surface area contributed by atoms with Crippen LogP contribution in [0.25, 0.3) is 0 Å². The van der Waals surface area contributed by atoms with Gasteiger partial charge in [0, 0.05) is 13.1 Å². The van der Waals surface area contributed by atoms with E-state index in [9.17, 15) is 12.8 Å². The Hall–Kier alpha value is -1.96. The highest BCUT2D eigenvalue weighted by atomic mass is 32.2. The molecule has 176 valence electrons. The second-order valence-corrected chi connectivity index (χ2v) is 11.3. The topological polar surface area (TPSA) is 49.9 Å². The highest BCUT2D eigenvalue weighted by Gasteiger charge is 2.28. The zero-order valence-electron chi connectivity index (χ0n) is 19.3. The van der Waals surface area contributed by atoms with Crippen molar-refractivity contribution in [3.63, 3.8) is 0 Å². The van der Waals surface area contributed by atoms with Gasteiger partial charge in [0.2, 0.25) is 10.0 Å². The lowest BCUT2D eigenvalue weighted by Gasteiger charge is -2.31. The Morgan fingerprint density at radius 1 is 1.00 bits per heavy atom. The first-order valence-electron chi connectivity index (χ1n) is 11.3. The van der Waals surface area contributed by atoms with Gasteiger partial charge in [-0.05, 0) is 80.2 Å². The molecule has 1 aliphatic rings. The van der Waals surface area contributed by atoms with Crippen molar-refractivity contribution in [1.29, 1.82) is 0 Å². The molecule has 0 N–H and O–H groups in total. The molecule has 2 aromatic carbocycles. The van der Waals surface area contributed by atoms with Gasteiger partial charge in [0.15, 0.2) is 0 Å². The third-order valence-electron chi connectivity index (χ3n) is 5.82. The van der Waals surface area contributed by atoms with Crippen LogP contribution in [0.5, 0.6) is 5.75 Å². The Kier molecular flexibility index (Phi) is 8.68. The molecule has 1 aliphatic heterocycles. The van der Waals surface area contributed by atoms with E-state index in [1.165, 1.54) is 16.4 Å². The second kappa shape index (κ2) is 11.3. The van der Waals surface area contributed by atoms with Gasteiger partial charge in [-0.1, -0.05) is 38.1 Å². The molecule has 0 aromatic heterocycles. The van der Waals surface area contributed by atoms with E-state index in [0.29, 0.717) is 12.5 Å². The van der Waals surface area contributed by atoms with Gasteiger partial charge < -0.3 is 9.64 Å². The van der Waals surface area contributed by atoms with Gasteiger partial charge in [-0.3, -0.25) is 0 Å². The van der Waals surface area contributed by atoms with Crippen LogP contribution in [0.15, 0.2) is 48.5 Å². The van der Waals surface area contributed by atoms with Crippen molar-refractivity contribution in [3.05, 3.63) is 65.5 Å². The van der Waals surface area contributed by atoms with Gasteiger partial charge in [0.05, 0.1) is 12.4 Å². The van der Waals surface area contributed by atoms with Crippen molar-refractivity contribution in [2.24, 2.45) is 11.8 Å². The van der Waals surface area contributed by atoms with E-state index in [1.54, 1.807) is 12.1 Å². The van der Waals surface area contributed by atoms with E-state index < -0.39 is 10.0 Å². The highest BCUT2D eigenvalue weighted by molar-refractivity contribution is 7.89. The number of hydrogen-bond acceptors (Lipinski definition) is 4. The number of ether oxygens (including phenoxy) is 1. The first kappa shape index (κ1) is 24.7. The maximum absolute atomic E-state index is 13.4. The Bertz CT molecular complexity index is 938. The number of likely N-dealkylation sites (tertiary alicyclic amines) is 1. The van der Waals surface area contributed by atoms with Crippen molar-refractivity contribution in [2.75, 3.05) is 32.5 Å². The Morgan fingerprint density at radius 3 is 2.06 bits per heavy atom. The molecule has 7 heteroatoms. The molecule has 0 radical (unpaired) electrons. The zero-order chi connectivity index (χ0) is 23.1. The summed E-state index contributed by atoms with van der Waals surface area (Å²) < 4.78 is 47.4. The summed E-state index contributed by atoms with van der Waals surface area (Å²) in [5.41, 5.74) is 1.67. The maximum atomic E-state index is 13.4. The van der Waals surface area contributed by atoms with Crippen LogP contribution in [-0.4, -0.2) is 50.1 Å². The van der Waals surface area contributed by atoms with Crippen LogP contribution >= 0.6 is 0 Å². The fraction of sp³-hybridized carbons (Fsp3) is 0.520. The molecule has 0 aliphatic carbocycles. The minimum atomic E-state index is -3.49. The largest absolute Gasteiger partial charge is 0.493 e. The third kappa shape index (κ3) is 7.57. The number of hydrogen-bond donors (Lipinski definition) is 0. The lowest BCUT2D eigenvalue weighted by atomic mass is 10.00. The van der Waals surface area contributed by atoms with Crippen molar-refractivity contribution in [3.8, 4) is 5.75 Å². The number of rotatable bonds is 10. The Labute approximate surface area is 192 Å². The van der Waals surface area contributed by atoms with Crippen molar-refractivity contribution in [2.45, 2.75) is 39.8 Å². The average Bonchev–Trinajstić information content (AvgIpc) is 2.75. The van der Waals surface area contributed by atoms with E-state index in [-0.39, 0.29) is 30.6 Å². The standard InChI is InChI=1S/C25H35FN2O3S/c1-20(2)18-31-25-10-6-22(7-11-25)17-28(16-21-4-8-24(26)9-5-21)32(29,30)19-23-12-14-27(3)15-13-23/h4-11,20,23H,12-19H2,1-3H3. The zero-order valence-corrected chi connectivity index (χ0v) is 20.2. The smallest absolute Gasteiger partial charge is 0.214 e. The van der Waals surface area contributed by atoms with Crippen LogP contribution in [-0.2, 0) is 23.1 Å². The molecule has 1 saturated heterocycles. The molecule has 2 aromatic rings. The fourth-order valence-corrected chi connectivity index (χ4v) is 5.67. The minimum Gasteiger partial charge on any atom is -0.493 e. The minimum absolute atomic E-state index is 0.150. The summed E-state index contributed by atoms with van der Waals surface area (Å²) in [6.45, 7) is 7.18. The molecule has 0 amide bonds. The van der Waals surface area contributed by atoms with Crippen molar-refractivity contribution >= 4 is 10.0 Å². The van der Waals surface area contributed by atoms with Crippen LogP contribution in [0.4, 0.5) is 4.39 Å². The van der Waals surface area contributed by atoms with E-state index in [2.05, 4.69) is 25.8 Å². The van der Waals surface area contributed by atoms with E-state index >= 15 is 0 Å². The van der Waals surface area contributed by atoms with E-state index in [1.807, 2.05) is 24.3 Å². The fourth-order valence-electron chi connectivity index (χ4n) is 3.84. The molecular weight excluding hydrogens is 427 g/mol. The molecule has 1 fully saturated rings. The summed E-state index contributed by atoms with van der Waals surface area (Å²) in [6.07, 6.45) is 1.78. The maximum Gasteiger partial charge on any atom is 0.214 e. The van der Waals surface area contributed by atoms with Gasteiger partial charge in [-0.15, -0.1) is 0 Å². The van der Waals surface area contributed by atoms with Gasteiger partial charge in [-0.2, -0.15) is 4.31 Å². The summed E-state index contributed by atoms with van der Waals surface area (Å²) in [6, 6.07) is 13.6. The molecule has 0 unspecified atom stereocenters. The lowest BCUT2D eigenvalue weighted by molar-refractivity contribution is 0.229. The number of piperidine rings is 1. The summed E-state index contributed by atoms with van der Waals surface area (Å²) >= 11 is 0. The second-order valence-electron chi connectivity index (χ2n) is 9.27. The first-order valence-corrected chi connectivity index (χ1v) is 12.9. The van der Waals surface area contributed by atoms with Crippen LogP contribution < -0.4 is 4.74 Å². The predicted molar refractivity (Wildman–Crippen MR) is 126 cm³/mol. The molecule has 3 rings (SSSR count). The summed E-state index contributed by atoms with van der Waals surface area (Å²) in [5, 5.41) is 0. The van der Waals surface area contributed by atoms with Gasteiger partial charge in [-0.25, -0.2) is 12.8 Å². The van der Waals surface area contributed by atoms with Crippen molar-refractivity contribution < 1.29 is 17.5 Å². The summed E-state index contributed by atoms with van der Waals surface area (Å²) in [7, 11) is -1.42. The van der Waals surface area contributed by atoms with Crippen LogP contribution in [0.1, 0.15) is 37.8 Å². The van der Waals surface area contributed by atoms with E-state index in [0.717, 1.165) is 42.8 Å². The molecule has 0 spiro atoms. The highest BCUT2D eigenvalue weighted by Crippen LogP contribution is 2.23. The monoisotopic (exact) mass is 462 g/mol. The first-order chi connectivity index (χ1) is 15.2. The van der Waals surface area contributed by atoms with Crippen molar-refractivity contribution in [1.82, 2.24) is 9.21 Å². The van der Waals surface area contributed by atoms with Crippen LogP contribution in [0.3, 0.4) is 0 Å². The molecular formula is C25H35FN2O3S. The summed E-state index contributed by atoms with van der Waals surface area (Å²) in [5.74, 6) is 1.20. The number of benzene rings is 2. The third-order valence-corrected chi connectivity index (χ3v) is 7.75. The lowest BCUT2D eigenvalue weighted by Crippen LogP contribution is -2.38. The molecule has 32 heavy (non-hydrogen) atoms. The summed E-state index contributed by atoms with van der Waals surface area (Å²) in [4.78, 5) is 2.24. The number of halogens is 1. The van der Waals surface area contributed by atoms with Gasteiger partial charge >= 0.3 is 0 Å². The molecule has 5 nitrogen and oxygen atoms in total.